The van der Waals surface area contributed by atoms with Gasteiger partial charge in [-0.05, 0) is 31.0 Å². The van der Waals surface area contributed by atoms with Crippen LogP contribution in [0.4, 0.5) is 0 Å². The molecule has 2 rings (SSSR count). The maximum absolute atomic E-state index is 12.4. The van der Waals surface area contributed by atoms with Crippen LogP contribution >= 0.6 is 23.2 Å². The Morgan fingerprint density at radius 3 is 2.52 bits per heavy atom. The lowest BCUT2D eigenvalue weighted by Gasteiger charge is -2.36. The number of aliphatic carboxylic acids is 1. The van der Waals surface area contributed by atoms with Crippen LogP contribution in [0, 0.1) is 0 Å². The van der Waals surface area contributed by atoms with Crippen LogP contribution < -0.4 is 5.32 Å². The van der Waals surface area contributed by atoms with Gasteiger partial charge in [0.05, 0.1) is 22.5 Å². The molecule has 0 spiro atoms. The van der Waals surface area contributed by atoms with Crippen LogP contribution in [0.3, 0.4) is 0 Å². The number of rotatable bonds is 4. The molecule has 0 unspecified atom stereocenters. The molecule has 114 valence electrons. The molecule has 1 saturated heterocycles. The van der Waals surface area contributed by atoms with Gasteiger partial charge in [0.15, 0.2) is 0 Å². The van der Waals surface area contributed by atoms with Crippen LogP contribution in [0.5, 0.6) is 0 Å². The van der Waals surface area contributed by atoms with Crippen molar-refractivity contribution in [3.63, 3.8) is 0 Å². The molecule has 1 aliphatic heterocycles. The van der Waals surface area contributed by atoms with Gasteiger partial charge in [0, 0.05) is 18.2 Å². The minimum Gasteiger partial charge on any atom is -0.481 e. The van der Waals surface area contributed by atoms with E-state index in [4.69, 9.17) is 33.0 Å². The largest absolute Gasteiger partial charge is 0.481 e. The number of ether oxygens (including phenoxy) is 1. The summed E-state index contributed by atoms with van der Waals surface area (Å²) in [6, 6.07) is 4.57. The number of hydrogen-bond donors (Lipinski definition) is 2. The van der Waals surface area contributed by atoms with Crippen molar-refractivity contribution in [3.05, 3.63) is 33.8 Å². The molecule has 1 amide bonds. The molecule has 0 radical (unpaired) electrons. The van der Waals surface area contributed by atoms with Gasteiger partial charge in [-0.3, -0.25) is 9.59 Å². The van der Waals surface area contributed by atoms with Gasteiger partial charge in [-0.1, -0.05) is 23.2 Å². The minimum atomic E-state index is -0.959. The lowest BCUT2D eigenvalue weighted by Crippen LogP contribution is -2.53. The molecular formula is C14H15Cl2NO4. The van der Waals surface area contributed by atoms with Crippen LogP contribution in [0.15, 0.2) is 18.2 Å². The van der Waals surface area contributed by atoms with Gasteiger partial charge >= 0.3 is 5.97 Å². The number of halogens is 2. The highest BCUT2D eigenvalue weighted by atomic mass is 35.5. The van der Waals surface area contributed by atoms with Crippen molar-refractivity contribution in [2.24, 2.45) is 0 Å². The molecule has 1 aromatic carbocycles. The number of hydrogen-bond acceptors (Lipinski definition) is 3. The summed E-state index contributed by atoms with van der Waals surface area (Å²) in [7, 11) is 0. The van der Waals surface area contributed by atoms with Crippen LogP contribution in [-0.2, 0) is 9.53 Å². The smallest absolute Gasteiger partial charge is 0.305 e. The van der Waals surface area contributed by atoms with E-state index in [1.165, 1.54) is 12.1 Å². The first-order valence-electron chi connectivity index (χ1n) is 6.49. The molecule has 1 aliphatic rings. The molecule has 7 heteroatoms. The summed E-state index contributed by atoms with van der Waals surface area (Å²) in [5.74, 6) is -1.36. The second-order valence-corrected chi connectivity index (χ2v) is 5.89. The summed E-state index contributed by atoms with van der Waals surface area (Å²) in [6.07, 6.45) is 0.764. The molecule has 5 nitrogen and oxygen atoms in total. The fraction of sp³-hybridized carbons (Fsp3) is 0.429. The van der Waals surface area contributed by atoms with Gasteiger partial charge in [0.2, 0.25) is 0 Å². The number of carboxylic acid groups (broad SMARTS) is 1. The van der Waals surface area contributed by atoms with E-state index in [1.807, 2.05) is 0 Å². The zero-order valence-corrected chi connectivity index (χ0v) is 12.7. The summed E-state index contributed by atoms with van der Waals surface area (Å²) in [5, 5.41) is 12.5. The summed E-state index contributed by atoms with van der Waals surface area (Å²) >= 11 is 11.8. The van der Waals surface area contributed by atoms with E-state index >= 15 is 0 Å². The highest BCUT2D eigenvalue weighted by Crippen LogP contribution is 2.27. The van der Waals surface area contributed by atoms with Crippen LogP contribution in [0.2, 0.25) is 10.0 Å². The van der Waals surface area contributed by atoms with Gasteiger partial charge in [0.1, 0.15) is 0 Å². The Kier molecular flexibility index (Phi) is 5.08. The maximum atomic E-state index is 12.4. The molecule has 1 fully saturated rings. The highest BCUT2D eigenvalue weighted by Gasteiger charge is 2.36. The van der Waals surface area contributed by atoms with Crippen molar-refractivity contribution in [3.8, 4) is 0 Å². The van der Waals surface area contributed by atoms with Crippen molar-refractivity contribution < 1.29 is 19.4 Å². The van der Waals surface area contributed by atoms with E-state index < -0.39 is 17.4 Å². The van der Waals surface area contributed by atoms with Gasteiger partial charge < -0.3 is 15.2 Å². The number of carbonyl (C=O) groups is 2. The third-order valence-electron chi connectivity index (χ3n) is 3.49. The Labute approximate surface area is 132 Å². The molecule has 21 heavy (non-hydrogen) atoms. The fourth-order valence-electron chi connectivity index (χ4n) is 2.38. The van der Waals surface area contributed by atoms with Crippen molar-refractivity contribution in [2.75, 3.05) is 13.2 Å². The number of benzene rings is 1. The van der Waals surface area contributed by atoms with E-state index in [0.29, 0.717) is 31.1 Å². The maximum Gasteiger partial charge on any atom is 0.305 e. The number of nitrogens with one attached hydrogen (secondary N) is 1. The lowest BCUT2D eigenvalue weighted by atomic mass is 9.86. The predicted molar refractivity (Wildman–Crippen MR) is 79.0 cm³/mol. The zero-order chi connectivity index (χ0) is 15.5. The van der Waals surface area contributed by atoms with Crippen molar-refractivity contribution in [1.29, 1.82) is 0 Å². The first-order valence-corrected chi connectivity index (χ1v) is 7.25. The van der Waals surface area contributed by atoms with E-state index in [1.54, 1.807) is 6.07 Å². The molecule has 2 N–H and O–H groups in total. The Morgan fingerprint density at radius 1 is 1.29 bits per heavy atom. The molecule has 1 aromatic rings. The second kappa shape index (κ2) is 6.64. The van der Waals surface area contributed by atoms with Gasteiger partial charge in [-0.15, -0.1) is 0 Å². The highest BCUT2D eigenvalue weighted by molar-refractivity contribution is 6.36. The second-order valence-electron chi connectivity index (χ2n) is 5.04. The Morgan fingerprint density at radius 2 is 1.95 bits per heavy atom. The number of carboxylic acids is 1. The van der Waals surface area contributed by atoms with E-state index in [2.05, 4.69) is 5.32 Å². The van der Waals surface area contributed by atoms with Crippen LogP contribution in [0.1, 0.15) is 29.6 Å². The first-order chi connectivity index (χ1) is 9.92. The predicted octanol–water partition coefficient (Wildman–Crippen LogP) is 2.75. The molecule has 0 bridgehead atoms. The van der Waals surface area contributed by atoms with E-state index in [-0.39, 0.29) is 17.0 Å². The van der Waals surface area contributed by atoms with E-state index in [0.717, 1.165) is 0 Å². The van der Waals surface area contributed by atoms with Crippen LogP contribution in [-0.4, -0.2) is 35.7 Å². The topological polar surface area (TPSA) is 75.6 Å². The van der Waals surface area contributed by atoms with Crippen molar-refractivity contribution in [2.45, 2.75) is 24.8 Å². The van der Waals surface area contributed by atoms with Gasteiger partial charge in [0.25, 0.3) is 5.91 Å². The van der Waals surface area contributed by atoms with Gasteiger partial charge in [-0.25, -0.2) is 0 Å². The summed E-state index contributed by atoms with van der Waals surface area (Å²) in [4.78, 5) is 23.4. The summed E-state index contributed by atoms with van der Waals surface area (Å²) in [5.41, 5.74) is -0.526. The summed E-state index contributed by atoms with van der Waals surface area (Å²) < 4.78 is 5.25. The lowest BCUT2D eigenvalue weighted by molar-refractivity contribution is -0.139. The minimum absolute atomic E-state index is 0.146. The Hall–Kier alpha value is -1.30. The molecule has 0 saturated carbocycles. The standard InChI is InChI=1S/C14H15Cl2NO4/c15-9-1-2-10(11(16)7-9)13(20)17-14(8-12(18)19)3-5-21-6-4-14/h1-2,7H,3-6,8H2,(H,17,20)(H,18,19). The third-order valence-corrected chi connectivity index (χ3v) is 4.04. The third kappa shape index (κ3) is 4.09. The fourth-order valence-corrected chi connectivity index (χ4v) is 2.87. The Balaban J connectivity index is 2.19. The average molecular weight is 332 g/mol. The Bertz CT molecular complexity index is 556. The molecule has 1 heterocycles. The first kappa shape index (κ1) is 16.1. The van der Waals surface area contributed by atoms with Gasteiger partial charge in [-0.2, -0.15) is 0 Å². The van der Waals surface area contributed by atoms with E-state index in [9.17, 15) is 9.59 Å². The monoisotopic (exact) mass is 331 g/mol. The average Bonchev–Trinajstić information content (AvgIpc) is 2.38. The van der Waals surface area contributed by atoms with Crippen LogP contribution in [0.25, 0.3) is 0 Å². The zero-order valence-electron chi connectivity index (χ0n) is 11.2. The summed E-state index contributed by atoms with van der Waals surface area (Å²) in [6.45, 7) is 0.837. The molecule has 0 atom stereocenters. The van der Waals surface area contributed by atoms with Crippen molar-refractivity contribution in [1.82, 2.24) is 5.32 Å². The SMILES string of the molecule is O=C(O)CC1(NC(=O)c2ccc(Cl)cc2Cl)CCOCC1. The molecule has 0 aliphatic carbocycles. The quantitative estimate of drug-likeness (QED) is 0.889. The van der Waals surface area contributed by atoms with Crippen molar-refractivity contribution >= 4 is 35.1 Å². The molecule has 0 aromatic heterocycles. The number of carbonyl (C=O) groups excluding carboxylic acids is 1. The normalized spacial score (nSPS) is 17.2. The number of amides is 1. The molecular weight excluding hydrogens is 317 g/mol.